The number of nitrogens with zero attached hydrogens (tertiary/aromatic N) is 1. The van der Waals surface area contributed by atoms with Crippen molar-refractivity contribution in [3.05, 3.63) is 0 Å². The van der Waals surface area contributed by atoms with Crippen LogP contribution in [0, 0.1) is 5.92 Å². The summed E-state index contributed by atoms with van der Waals surface area (Å²) in [5.41, 5.74) is 0. The van der Waals surface area contributed by atoms with Crippen LogP contribution in [0.1, 0.15) is 39.0 Å². The molecule has 80 valence electrons. The molecule has 2 heteroatoms. The topological polar surface area (TPSA) is 15.3 Å². The molecule has 0 aromatic heterocycles. The summed E-state index contributed by atoms with van der Waals surface area (Å²) in [6, 6.07) is 2.67. The zero-order chi connectivity index (χ0) is 9.54. The predicted molar refractivity (Wildman–Crippen MR) is 58.3 cm³/mol. The number of rotatable bonds is 4. The van der Waals surface area contributed by atoms with Crippen LogP contribution in [0.3, 0.4) is 0 Å². The molecule has 1 heterocycles. The highest BCUT2D eigenvalue weighted by Crippen LogP contribution is 2.35. The van der Waals surface area contributed by atoms with Crippen molar-refractivity contribution >= 4 is 0 Å². The minimum atomic E-state index is 0.817. The van der Waals surface area contributed by atoms with E-state index in [-0.39, 0.29) is 0 Å². The first kappa shape index (κ1) is 9.17. The lowest BCUT2D eigenvalue weighted by Gasteiger charge is -2.15. The molecule has 1 N–H and O–H groups in total. The van der Waals surface area contributed by atoms with E-state index in [1.807, 2.05) is 0 Å². The average molecular weight is 194 g/mol. The van der Waals surface area contributed by atoms with Gasteiger partial charge in [-0.2, -0.15) is 0 Å². The van der Waals surface area contributed by atoms with Crippen LogP contribution in [0.4, 0.5) is 0 Å². The molecule has 2 nitrogen and oxygen atoms in total. The first-order valence-corrected chi connectivity index (χ1v) is 6.37. The summed E-state index contributed by atoms with van der Waals surface area (Å²) in [4.78, 5) is 2.70. The van der Waals surface area contributed by atoms with E-state index in [1.54, 1.807) is 0 Å². The van der Waals surface area contributed by atoms with E-state index in [9.17, 15) is 0 Å². The fraction of sp³-hybridized carbons (Fsp3) is 1.00. The van der Waals surface area contributed by atoms with Gasteiger partial charge >= 0.3 is 0 Å². The molecule has 2 saturated carbocycles. The fourth-order valence-corrected chi connectivity index (χ4v) is 2.90. The molecule has 14 heavy (non-hydrogen) atoms. The van der Waals surface area contributed by atoms with Gasteiger partial charge in [0.2, 0.25) is 0 Å². The molecule has 0 bridgehead atoms. The number of likely N-dealkylation sites (tertiary alicyclic amines) is 1. The second-order valence-corrected chi connectivity index (χ2v) is 5.39. The van der Waals surface area contributed by atoms with Gasteiger partial charge in [-0.25, -0.2) is 0 Å². The lowest BCUT2D eigenvalue weighted by Crippen LogP contribution is -2.35. The molecular weight excluding hydrogens is 172 g/mol. The Bertz CT molecular complexity index is 212. The van der Waals surface area contributed by atoms with E-state index < -0.39 is 0 Å². The van der Waals surface area contributed by atoms with Crippen LogP contribution in [-0.2, 0) is 0 Å². The molecule has 0 radical (unpaired) electrons. The molecule has 3 unspecified atom stereocenters. The third kappa shape index (κ3) is 1.82. The summed E-state index contributed by atoms with van der Waals surface area (Å²) in [5.74, 6) is 1.00. The van der Waals surface area contributed by atoms with Crippen molar-refractivity contribution in [1.29, 1.82) is 0 Å². The maximum absolute atomic E-state index is 3.82. The van der Waals surface area contributed by atoms with E-state index >= 15 is 0 Å². The maximum Gasteiger partial charge on any atom is 0.0210 e. The van der Waals surface area contributed by atoms with E-state index in [0.717, 1.165) is 24.0 Å². The van der Waals surface area contributed by atoms with Crippen molar-refractivity contribution in [2.45, 2.75) is 57.2 Å². The van der Waals surface area contributed by atoms with Crippen LogP contribution in [0.5, 0.6) is 0 Å². The van der Waals surface area contributed by atoms with Crippen molar-refractivity contribution in [1.82, 2.24) is 10.2 Å². The van der Waals surface area contributed by atoms with Crippen LogP contribution in [-0.4, -0.2) is 36.1 Å². The lowest BCUT2D eigenvalue weighted by molar-refractivity contribution is 0.316. The largest absolute Gasteiger partial charge is 0.310 e. The minimum absolute atomic E-state index is 0.817. The van der Waals surface area contributed by atoms with Gasteiger partial charge in [-0.15, -0.1) is 0 Å². The highest BCUT2D eigenvalue weighted by Gasteiger charge is 2.40. The van der Waals surface area contributed by atoms with Crippen LogP contribution in [0.25, 0.3) is 0 Å². The Morgan fingerprint density at radius 1 is 1.29 bits per heavy atom. The molecule has 0 amide bonds. The first-order chi connectivity index (χ1) is 6.86. The van der Waals surface area contributed by atoms with Gasteiger partial charge in [-0.1, -0.05) is 13.3 Å². The quantitative estimate of drug-likeness (QED) is 0.731. The zero-order valence-corrected chi connectivity index (χ0v) is 9.21. The minimum Gasteiger partial charge on any atom is -0.310 e. The summed E-state index contributed by atoms with van der Waals surface area (Å²) in [5, 5.41) is 3.82. The molecule has 1 saturated heterocycles. The Kier molecular flexibility index (Phi) is 2.29. The SMILES string of the molecule is CCC1CC1NC1CCN(C2CC2)C1. The summed E-state index contributed by atoms with van der Waals surface area (Å²) in [6.07, 6.45) is 7.14. The summed E-state index contributed by atoms with van der Waals surface area (Å²) in [6.45, 7) is 5.00. The molecule has 3 atom stereocenters. The highest BCUT2D eigenvalue weighted by atomic mass is 15.2. The molecule has 0 aromatic rings. The Balaban J connectivity index is 1.42. The molecule has 3 rings (SSSR count). The smallest absolute Gasteiger partial charge is 0.0210 e. The number of nitrogens with one attached hydrogen (secondary N) is 1. The zero-order valence-electron chi connectivity index (χ0n) is 9.21. The standard InChI is InChI=1S/C12H22N2/c1-2-9-7-12(9)13-10-5-6-14(8-10)11-3-4-11/h9-13H,2-8H2,1H3. The van der Waals surface area contributed by atoms with E-state index in [0.29, 0.717) is 0 Å². The predicted octanol–water partition coefficient (Wildman–Crippen LogP) is 1.61. The molecule has 2 aliphatic carbocycles. The Hall–Kier alpha value is -0.0800. The normalized spacial score (nSPS) is 43.1. The second kappa shape index (κ2) is 3.49. The van der Waals surface area contributed by atoms with Gasteiger partial charge in [-0.3, -0.25) is 4.90 Å². The van der Waals surface area contributed by atoms with Gasteiger partial charge in [0, 0.05) is 31.2 Å². The summed E-state index contributed by atoms with van der Waals surface area (Å²) >= 11 is 0. The van der Waals surface area contributed by atoms with Gasteiger partial charge < -0.3 is 5.32 Å². The van der Waals surface area contributed by atoms with Crippen molar-refractivity contribution in [3.8, 4) is 0 Å². The number of hydrogen-bond donors (Lipinski definition) is 1. The van der Waals surface area contributed by atoms with Gasteiger partial charge in [0.15, 0.2) is 0 Å². The third-order valence-corrected chi connectivity index (χ3v) is 4.18. The van der Waals surface area contributed by atoms with E-state index in [2.05, 4.69) is 17.1 Å². The van der Waals surface area contributed by atoms with Crippen molar-refractivity contribution < 1.29 is 0 Å². The van der Waals surface area contributed by atoms with Crippen LogP contribution < -0.4 is 5.32 Å². The molecule has 1 aliphatic heterocycles. The Labute approximate surface area is 87.0 Å². The van der Waals surface area contributed by atoms with Gasteiger partial charge in [0.25, 0.3) is 0 Å². The van der Waals surface area contributed by atoms with Crippen LogP contribution >= 0.6 is 0 Å². The van der Waals surface area contributed by atoms with Crippen molar-refractivity contribution in [3.63, 3.8) is 0 Å². The molecule has 0 spiro atoms. The van der Waals surface area contributed by atoms with E-state index in [1.165, 1.54) is 45.2 Å². The van der Waals surface area contributed by atoms with Crippen molar-refractivity contribution in [2.75, 3.05) is 13.1 Å². The Morgan fingerprint density at radius 3 is 2.79 bits per heavy atom. The lowest BCUT2D eigenvalue weighted by atomic mass is 10.2. The highest BCUT2D eigenvalue weighted by molar-refractivity contribution is 4.98. The average Bonchev–Trinajstić information content (AvgIpc) is 3.07. The van der Waals surface area contributed by atoms with Gasteiger partial charge in [0.1, 0.15) is 0 Å². The summed E-state index contributed by atoms with van der Waals surface area (Å²) in [7, 11) is 0. The van der Waals surface area contributed by atoms with Gasteiger partial charge in [0.05, 0.1) is 0 Å². The Morgan fingerprint density at radius 2 is 2.14 bits per heavy atom. The molecule has 3 aliphatic rings. The summed E-state index contributed by atoms with van der Waals surface area (Å²) < 4.78 is 0. The van der Waals surface area contributed by atoms with Gasteiger partial charge in [-0.05, 0) is 31.6 Å². The molecule has 0 aromatic carbocycles. The molecular formula is C12H22N2. The van der Waals surface area contributed by atoms with Crippen LogP contribution in [0.2, 0.25) is 0 Å². The molecule has 3 fully saturated rings. The fourth-order valence-electron chi connectivity index (χ4n) is 2.90. The van der Waals surface area contributed by atoms with E-state index in [4.69, 9.17) is 0 Å². The van der Waals surface area contributed by atoms with Crippen molar-refractivity contribution in [2.24, 2.45) is 5.92 Å². The maximum atomic E-state index is 3.82. The third-order valence-electron chi connectivity index (χ3n) is 4.18. The monoisotopic (exact) mass is 194 g/mol. The first-order valence-electron chi connectivity index (χ1n) is 6.37. The number of hydrogen-bond acceptors (Lipinski definition) is 2. The van der Waals surface area contributed by atoms with Crippen LogP contribution in [0.15, 0.2) is 0 Å². The second-order valence-electron chi connectivity index (χ2n) is 5.39.